The SMILES string of the molecule is COC(=O)[C@@H](N=C(c1ccccc1)c1ccccc1)[C@H](NS(=O)(=O)c1ccc(C)cc1)c1ccccc1Cl. The monoisotopic (exact) mass is 546 g/mol. The van der Waals surface area contributed by atoms with Crippen LogP contribution in [0.1, 0.15) is 28.3 Å². The summed E-state index contributed by atoms with van der Waals surface area (Å²) in [5, 5.41) is 0.286. The molecular formula is C30H27ClN2O4S. The Hall–Kier alpha value is -3.78. The second-order valence-electron chi connectivity index (χ2n) is 8.61. The van der Waals surface area contributed by atoms with E-state index in [9.17, 15) is 13.2 Å². The van der Waals surface area contributed by atoms with Gasteiger partial charge in [0.25, 0.3) is 0 Å². The van der Waals surface area contributed by atoms with E-state index < -0.39 is 28.1 Å². The van der Waals surface area contributed by atoms with Crippen molar-refractivity contribution < 1.29 is 17.9 Å². The Bertz CT molecular complexity index is 1480. The molecule has 8 heteroatoms. The number of benzene rings is 4. The summed E-state index contributed by atoms with van der Waals surface area (Å²) in [6, 6.07) is 29.5. The normalized spacial score (nSPS) is 12.8. The van der Waals surface area contributed by atoms with E-state index in [-0.39, 0.29) is 9.92 Å². The van der Waals surface area contributed by atoms with Crippen LogP contribution in [0.4, 0.5) is 0 Å². The largest absolute Gasteiger partial charge is 0.467 e. The summed E-state index contributed by atoms with van der Waals surface area (Å²) in [5.74, 6) is -0.717. The van der Waals surface area contributed by atoms with Gasteiger partial charge >= 0.3 is 5.97 Å². The molecule has 0 spiro atoms. The highest BCUT2D eigenvalue weighted by Gasteiger charge is 2.36. The number of nitrogens with one attached hydrogen (secondary N) is 1. The van der Waals surface area contributed by atoms with E-state index in [2.05, 4.69) is 4.72 Å². The zero-order valence-corrected chi connectivity index (χ0v) is 22.5. The molecule has 0 aliphatic carbocycles. The first kappa shape index (κ1) is 27.3. The first-order chi connectivity index (χ1) is 18.3. The van der Waals surface area contributed by atoms with Gasteiger partial charge in [-0.25, -0.2) is 17.9 Å². The lowest BCUT2D eigenvalue weighted by Gasteiger charge is -2.26. The molecule has 0 aromatic heterocycles. The molecule has 0 bridgehead atoms. The molecule has 4 aromatic rings. The molecule has 4 aromatic carbocycles. The molecule has 0 saturated carbocycles. The van der Waals surface area contributed by atoms with Crippen molar-refractivity contribution in [2.24, 2.45) is 4.99 Å². The molecule has 0 saturated heterocycles. The lowest BCUT2D eigenvalue weighted by molar-refractivity contribution is -0.142. The van der Waals surface area contributed by atoms with E-state index >= 15 is 0 Å². The van der Waals surface area contributed by atoms with Crippen LogP contribution < -0.4 is 4.72 Å². The third-order valence-corrected chi connectivity index (χ3v) is 7.78. The number of carbonyl (C=O) groups excluding carboxylic acids is 1. The van der Waals surface area contributed by atoms with Crippen LogP contribution >= 0.6 is 11.6 Å². The second kappa shape index (κ2) is 12.2. The third-order valence-electron chi connectivity index (χ3n) is 5.97. The quantitative estimate of drug-likeness (QED) is 0.214. The summed E-state index contributed by atoms with van der Waals surface area (Å²) in [7, 11) is -2.83. The average molecular weight is 547 g/mol. The Morgan fingerprint density at radius 1 is 0.816 bits per heavy atom. The maximum Gasteiger partial charge on any atom is 0.332 e. The molecule has 194 valence electrons. The number of rotatable bonds is 9. The van der Waals surface area contributed by atoms with Crippen molar-refractivity contribution in [3.8, 4) is 0 Å². The van der Waals surface area contributed by atoms with Gasteiger partial charge in [-0.05, 0) is 30.7 Å². The molecule has 4 rings (SSSR count). The number of halogens is 1. The summed E-state index contributed by atoms with van der Waals surface area (Å²) in [6.07, 6.45) is 0. The van der Waals surface area contributed by atoms with Gasteiger partial charge in [-0.3, -0.25) is 4.99 Å². The Kier molecular flexibility index (Phi) is 8.73. The summed E-state index contributed by atoms with van der Waals surface area (Å²) in [5.41, 5.74) is 3.33. The number of hydrogen-bond acceptors (Lipinski definition) is 5. The minimum atomic E-state index is -4.08. The van der Waals surface area contributed by atoms with Crippen molar-refractivity contribution >= 4 is 33.3 Å². The number of carbonyl (C=O) groups is 1. The number of sulfonamides is 1. The van der Waals surface area contributed by atoms with Crippen LogP contribution in [0.5, 0.6) is 0 Å². The standard InChI is InChI=1S/C30H27ClN2O4S/c1-21-17-19-24(20-18-21)38(35,36)33-28(25-15-9-10-16-26(25)31)29(30(34)37-2)32-27(22-11-5-3-6-12-22)23-13-7-4-8-14-23/h3-20,28-29,33H,1-2H3/t28-,29+/m1/s1. The molecule has 0 aliphatic heterocycles. The summed E-state index contributed by atoms with van der Waals surface area (Å²) in [4.78, 5) is 18.2. The van der Waals surface area contributed by atoms with Gasteiger partial charge in [0.1, 0.15) is 0 Å². The molecule has 0 amide bonds. The summed E-state index contributed by atoms with van der Waals surface area (Å²) < 4.78 is 34.9. The van der Waals surface area contributed by atoms with Gasteiger partial charge < -0.3 is 4.74 Å². The van der Waals surface area contributed by atoms with Crippen LogP contribution in [0.3, 0.4) is 0 Å². The predicted molar refractivity (Wildman–Crippen MR) is 150 cm³/mol. The zero-order valence-electron chi connectivity index (χ0n) is 20.9. The van der Waals surface area contributed by atoms with Crippen molar-refractivity contribution in [1.82, 2.24) is 4.72 Å². The smallest absolute Gasteiger partial charge is 0.332 e. The van der Waals surface area contributed by atoms with Crippen molar-refractivity contribution in [2.45, 2.75) is 23.9 Å². The fourth-order valence-corrected chi connectivity index (χ4v) is 5.48. The number of nitrogens with zero attached hydrogens (tertiary/aromatic N) is 1. The third kappa shape index (κ3) is 6.37. The van der Waals surface area contributed by atoms with E-state index in [0.717, 1.165) is 16.7 Å². The predicted octanol–water partition coefficient (Wildman–Crippen LogP) is 5.75. The molecule has 2 atom stereocenters. The Morgan fingerprint density at radius 2 is 1.34 bits per heavy atom. The van der Waals surface area contributed by atoms with Gasteiger partial charge in [0.2, 0.25) is 10.0 Å². The number of aliphatic imine (C=N–C) groups is 1. The molecule has 38 heavy (non-hydrogen) atoms. The molecule has 0 heterocycles. The zero-order chi connectivity index (χ0) is 27.1. The van der Waals surface area contributed by atoms with Gasteiger partial charge in [0.15, 0.2) is 6.04 Å². The second-order valence-corrected chi connectivity index (χ2v) is 10.7. The average Bonchev–Trinajstić information content (AvgIpc) is 2.94. The molecule has 6 nitrogen and oxygen atoms in total. The van der Waals surface area contributed by atoms with Gasteiger partial charge in [0, 0.05) is 16.1 Å². The van der Waals surface area contributed by atoms with Crippen molar-refractivity contribution in [3.63, 3.8) is 0 Å². The van der Waals surface area contributed by atoms with E-state index in [1.807, 2.05) is 67.6 Å². The lowest BCUT2D eigenvalue weighted by Crippen LogP contribution is -2.40. The molecule has 0 unspecified atom stereocenters. The van der Waals surface area contributed by atoms with Crippen molar-refractivity contribution in [1.29, 1.82) is 0 Å². The van der Waals surface area contributed by atoms with E-state index in [1.165, 1.54) is 19.2 Å². The number of aryl methyl sites for hydroxylation is 1. The maximum atomic E-state index is 13.5. The van der Waals surface area contributed by atoms with E-state index in [1.54, 1.807) is 36.4 Å². The highest BCUT2D eigenvalue weighted by Crippen LogP contribution is 2.30. The molecule has 0 aliphatic rings. The number of methoxy groups -OCH3 is 1. The van der Waals surface area contributed by atoms with Crippen molar-refractivity contribution in [2.75, 3.05) is 7.11 Å². The van der Waals surface area contributed by atoms with Crippen molar-refractivity contribution in [3.05, 3.63) is 136 Å². The first-order valence-corrected chi connectivity index (χ1v) is 13.8. The van der Waals surface area contributed by atoms with Crippen LogP contribution in [-0.4, -0.2) is 33.3 Å². The fraction of sp³-hybridized carbons (Fsp3) is 0.133. The van der Waals surface area contributed by atoms with Gasteiger partial charge in [-0.2, -0.15) is 0 Å². The lowest BCUT2D eigenvalue weighted by atomic mass is 9.98. The topological polar surface area (TPSA) is 84.8 Å². The van der Waals surface area contributed by atoms with Gasteiger partial charge in [-0.1, -0.05) is 108 Å². The highest BCUT2D eigenvalue weighted by atomic mass is 35.5. The minimum Gasteiger partial charge on any atom is -0.467 e. The number of esters is 1. The van der Waals surface area contributed by atoms with Gasteiger partial charge in [0.05, 0.1) is 23.8 Å². The fourth-order valence-electron chi connectivity index (χ4n) is 4.01. The van der Waals surface area contributed by atoms with Crippen LogP contribution in [-0.2, 0) is 19.6 Å². The minimum absolute atomic E-state index is 0.0547. The maximum absolute atomic E-state index is 13.5. The van der Waals surface area contributed by atoms with Gasteiger partial charge in [-0.15, -0.1) is 0 Å². The Balaban J connectivity index is 1.91. The first-order valence-electron chi connectivity index (χ1n) is 11.9. The van der Waals surface area contributed by atoms with Crippen LogP contribution in [0.15, 0.2) is 119 Å². The highest BCUT2D eigenvalue weighted by molar-refractivity contribution is 7.89. The Morgan fingerprint density at radius 3 is 1.87 bits per heavy atom. The van der Waals surface area contributed by atoms with Crippen LogP contribution in [0, 0.1) is 6.92 Å². The molecule has 0 radical (unpaired) electrons. The summed E-state index contributed by atoms with van der Waals surface area (Å²) >= 11 is 6.54. The molecule has 1 N–H and O–H groups in total. The number of ether oxygens (including phenoxy) is 1. The van der Waals surface area contributed by atoms with E-state index in [4.69, 9.17) is 21.3 Å². The molecule has 0 fully saturated rings. The molecular weight excluding hydrogens is 520 g/mol. The van der Waals surface area contributed by atoms with E-state index in [0.29, 0.717) is 11.3 Å². The van der Waals surface area contributed by atoms with Crippen LogP contribution in [0.25, 0.3) is 0 Å². The summed E-state index contributed by atoms with van der Waals surface area (Å²) in [6.45, 7) is 1.87. The number of hydrogen-bond donors (Lipinski definition) is 1. The van der Waals surface area contributed by atoms with Crippen LogP contribution in [0.2, 0.25) is 5.02 Å². The Labute approximate surface area is 228 Å².